The molecule has 0 fully saturated rings. The van der Waals surface area contributed by atoms with Gasteiger partial charge in [0.05, 0.1) is 5.69 Å². The minimum Gasteiger partial charge on any atom is -0.384 e. The van der Waals surface area contributed by atoms with Crippen molar-refractivity contribution in [1.29, 1.82) is 5.41 Å². The Balaban J connectivity index is 2.07. The molecular formula is C14H13BrN4O. The molecule has 0 aromatic heterocycles. The van der Waals surface area contributed by atoms with Gasteiger partial charge in [0.25, 0.3) is 0 Å². The van der Waals surface area contributed by atoms with E-state index in [1.807, 2.05) is 18.2 Å². The molecule has 102 valence electrons. The van der Waals surface area contributed by atoms with Gasteiger partial charge >= 0.3 is 6.03 Å². The van der Waals surface area contributed by atoms with E-state index in [2.05, 4.69) is 26.6 Å². The first-order valence-electron chi connectivity index (χ1n) is 5.83. The number of urea groups is 1. The second-order valence-electron chi connectivity index (χ2n) is 4.05. The van der Waals surface area contributed by atoms with Crippen molar-refractivity contribution in [2.45, 2.75) is 0 Å². The van der Waals surface area contributed by atoms with Gasteiger partial charge in [-0.05, 0) is 40.2 Å². The van der Waals surface area contributed by atoms with Gasteiger partial charge in [-0.3, -0.25) is 5.41 Å². The lowest BCUT2D eigenvalue weighted by molar-refractivity contribution is 0.262. The molecule has 0 atom stereocenters. The molecule has 2 aromatic rings. The fourth-order valence-electron chi connectivity index (χ4n) is 1.61. The molecule has 20 heavy (non-hydrogen) atoms. The standard InChI is InChI=1S/C14H13BrN4O/c15-11-6-1-2-7-12(11)19-14(20)18-10-5-3-4-9(8-10)13(16)17/h1-8H,(H3,16,17)(H2,18,19,20). The number of nitrogens with two attached hydrogens (primary N) is 1. The molecule has 2 amide bonds. The molecule has 2 aromatic carbocycles. The van der Waals surface area contributed by atoms with Crippen LogP contribution in [0.5, 0.6) is 0 Å². The summed E-state index contributed by atoms with van der Waals surface area (Å²) in [5, 5.41) is 12.8. The highest BCUT2D eigenvalue weighted by Gasteiger charge is 2.06. The van der Waals surface area contributed by atoms with Crippen LogP contribution in [0.1, 0.15) is 5.56 Å². The van der Waals surface area contributed by atoms with Gasteiger partial charge in [0.15, 0.2) is 0 Å². The number of benzene rings is 2. The quantitative estimate of drug-likeness (QED) is 0.512. The summed E-state index contributed by atoms with van der Waals surface area (Å²) < 4.78 is 0.799. The van der Waals surface area contributed by atoms with Crippen molar-refractivity contribution in [3.8, 4) is 0 Å². The summed E-state index contributed by atoms with van der Waals surface area (Å²) in [4.78, 5) is 11.9. The maximum absolute atomic E-state index is 11.9. The molecule has 0 saturated carbocycles. The Morgan fingerprint density at radius 1 is 1.10 bits per heavy atom. The van der Waals surface area contributed by atoms with E-state index in [9.17, 15) is 4.79 Å². The first-order chi connectivity index (χ1) is 9.56. The summed E-state index contributed by atoms with van der Waals surface area (Å²) in [7, 11) is 0. The predicted molar refractivity (Wildman–Crippen MR) is 84.2 cm³/mol. The van der Waals surface area contributed by atoms with Crippen LogP contribution in [0.25, 0.3) is 0 Å². The van der Waals surface area contributed by atoms with Crippen molar-refractivity contribution in [3.63, 3.8) is 0 Å². The highest BCUT2D eigenvalue weighted by Crippen LogP contribution is 2.21. The Labute approximate surface area is 124 Å². The number of rotatable bonds is 3. The van der Waals surface area contributed by atoms with Gasteiger partial charge in [0, 0.05) is 15.7 Å². The first-order valence-corrected chi connectivity index (χ1v) is 6.62. The van der Waals surface area contributed by atoms with Gasteiger partial charge in [-0.2, -0.15) is 0 Å². The van der Waals surface area contributed by atoms with Crippen molar-refractivity contribution in [2.24, 2.45) is 5.73 Å². The number of nitrogen functional groups attached to an aromatic ring is 1. The van der Waals surface area contributed by atoms with Crippen molar-refractivity contribution in [3.05, 3.63) is 58.6 Å². The SMILES string of the molecule is N=C(N)c1cccc(NC(=O)Nc2ccccc2Br)c1. The Morgan fingerprint density at radius 3 is 2.55 bits per heavy atom. The van der Waals surface area contributed by atoms with Gasteiger partial charge in [0.1, 0.15) is 5.84 Å². The third-order valence-corrected chi connectivity index (χ3v) is 3.25. The highest BCUT2D eigenvalue weighted by molar-refractivity contribution is 9.10. The number of halogens is 1. The minimum absolute atomic E-state index is 0.0418. The lowest BCUT2D eigenvalue weighted by Gasteiger charge is -2.09. The van der Waals surface area contributed by atoms with Gasteiger partial charge in [-0.15, -0.1) is 0 Å². The highest BCUT2D eigenvalue weighted by atomic mass is 79.9. The molecule has 6 heteroatoms. The van der Waals surface area contributed by atoms with Crippen molar-refractivity contribution >= 4 is 39.2 Å². The molecule has 0 radical (unpaired) electrons. The minimum atomic E-state index is -0.363. The number of para-hydroxylation sites is 1. The summed E-state index contributed by atoms with van der Waals surface area (Å²) in [5.41, 5.74) is 7.21. The number of amides is 2. The second kappa shape index (κ2) is 6.21. The number of hydrogen-bond donors (Lipinski definition) is 4. The van der Waals surface area contributed by atoms with Crippen molar-refractivity contribution < 1.29 is 4.79 Å². The summed E-state index contributed by atoms with van der Waals surface area (Å²) >= 11 is 3.35. The zero-order valence-electron chi connectivity index (χ0n) is 10.5. The van der Waals surface area contributed by atoms with Crippen LogP contribution in [0.4, 0.5) is 16.2 Å². The van der Waals surface area contributed by atoms with Gasteiger partial charge in [0.2, 0.25) is 0 Å². The van der Waals surface area contributed by atoms with Crippen molar-refractivity contribution in [2.75, 3.05) is 10.6 Å². The van der Waals surface area contributed by atoms with Crippen LogP contribution in [-0.4, -0.2) is 11.9 Å². The van der Waals surface area contributed by atoms with Crippen LogP contribution < -0.4 is 16.4 Å². The van der Waals surface area contributed by atoms with E-state index in [1.54, 1.807) is 30.3 Å². The molecule has 0 unspecified atom stereocenters. The molecule has 5 N–H and O–H groups in total. The summed E-state index contributed by atoms with van der Waals surface area (Å²) in [6.07, 6.45) is 0. The van der Waals surface area contributed by atoms with E-state index >= 15 is 0 Å². The molecular weight excluding hydrogens is 320 g/mol. The predicted octanol–water partition coefficient (Wildman–Crippen LogP) is 3.38. The molecule has 0 aliphatic rings. The zero-order valence-corrected chi connectivity index (χ0v) is 12.1. The Bertz CT molecular complexity index is 657. The lowest BCUT2D eigenvalue weighted by Crippen LogP contribution is -2.20. The smallest absolute Gasteiger partial charge is 0.323 e. The maximum atomic E-state index is 11.9. The molecule has 2 rings (SSSR count). The molecule has 0 bridgehead atoms. The van der Waals surface area contributed by atoms with Crippen LogP contribution in [0, 0.1) is 5.41 Å². The third-order valence-electron chi connectivity index (χ3n) is 2.55. The maximum Gasteiger partial charge on any atom is 0.323 e. The normalized spacial score (nSPS) is 9.85. The van der Waals surface area contributed by atoms with Crippen LogP contribution >= 0.6 is 15.9 Å². The number of nitrogens with one attached hydrogen (secondary N) is 3. The van der Waals surface area contributed by atoms with Crippen LogP contribution in [-0.2, 0) is 0 Å². The van der Waals surface area contributed by atoms with Gasteiger partial charge < -0.3 is 16.4 Å². The topological polar surface area (TPSA) is 91.0 Å². The zero-order chi connectivity index (χ0) is 14.5. The molecule has 0 spiro atoms. The number of amidine groups is 1. The fraction of sp³-hybridized carbons (Fsp3) is 0. The van der Waals surface area contributed by atoms with E-state index < -0.39 is 0 Å². The van der Waals surface area contributed by atoms with E-state index in [-0.39, 0.29) is 11.9 Å². The summed E-state index contributed by atoms with van der Waals surface area (Å²) in [6.45, 7) is 0. The van der Waals surface area contributed by atoms with Gasteiger partial charge in [-0.25, -0.2) is 4.79 Å². The Morgan fingerprint density at radius 2 is 1.85 bits per heavy atom. The third kappa shape index (κ3) is 3.58. The summed E-state index contributed by atoms with van der Waals surface area (Å²) in [5.74, 6) is -0.0418. The molecule has 0 heterocycles. The average Bonchev–Trinajstić information content (AvgIpc) is 2.41. The molecule has 0 saturated heterocycles. The van der Waals surface area contributed by atoms with E-state index in [1.165, 1.54) is 0 Å². The van der Waals surface area contributed by atoms with Crippen LogP contribution in [0.15, 0.2) is 53.0 Å². The molecule has 5 nitrogen and oxygen atoms in total. The average molecular weight is 333 g/mol. The number of carbonyl (C=O) groups is 1. The van der Waals surface area contributed by atoms with Crippen LogP contribution in [0.3, 0.4) is 0 Å². The number of anilines is 2. The van der Waals surface area contributed by atoms with Gasteiger partial charge in [-0.1, -0.05) is 24.3 Å². The Kier molecular flexibility index (Phi) is 4.37. The number of carbonyl (C=O) groups excluding carboxylic acids is 1. The largest absolute Gasteiger partial charge is 0.384 e. The second-order valence-corrected chi connectivity index (χ2v) is 4.91. The summed E-state index contributed by atoms with van der Waals surface area (Å²) in [6, 6.07) is 13.8. The van der Waals surface area contributed by atoms with E-state index in [0.717, 1.165) is 4.47 Å². The first kappa shape index (κ1) is 14.1. The van der Waals surface area contributed by atoms with Crippen LogP contribution in [0.2, 0.25) is 0 Å². The molecule has 0 aliphatic heterocycles. The fourth-order valence-corrected chi connectivity index (χ4v) is 2.00. The van der Waals surface area contributed by atoms with E-state index in [4.69, 9.17) is 11.1 Å². The Hall–Kier alpha value is -2.34. The van der Waals surface area contributed by atoms with E-state index in [0.29, 0.717) is 16.9 Å². The monoisotopic (exact) mass is 332 g/mol. The number of hydrogen-bond acceptors (Lipinski definition) is 2. The molecule has 0 aliphatic carbocycles. The van der Waals surface area contributed by atoms with Crippen molar-refractivity contribution in [1.82, 2.24) is 0 Å². The lowest BCUT2D eigenvalue weighted by atomic mass is 10.2.